The number of ether oxygens (including phenoxy) is 1. The zero-order valence-corrected chi connectivity index (χ0v) is 11.9. The van der Waals surface area contributed by atoms with Crippen molar-refractivity contribution < 1.29 is 9.53 Å². The number of carbonyl (C=O) groups excluding carboxylic acids is 1. The minimum atomic E-state index is 0.184. The quantitative estimate of drug-likeness (QED) is 0.844. The molecule has 2 aliphatic heterocycles. The largest absolute Gasteiger partial charge is 0.371 e. The number of hydrogen-bond acceptors (Lipinski definition) is 4. The highest BCUT2D eigenvalue weighted by atomic mass is 32.2. The molecule has 1 aromatic heterocycles. The molecule has 0 bridgehead atoms. The molecule has 102 valence electrons. The van der Waals surface area contributed by atoms with Crippen LogP contribution in [0.25, 0.3) is 0 Å². The van der Waals surface area contributed by atoms with Crippen LogP contribution in [0.3, 0.4) is 0 Å². The lowest BCUT2D eigenvalue weighted by atomic mass is 9.93. The highest BCUT2D eigenvalue weighted by Crippen LogP contribution is 2.46. The summed E-state index contributed by atoms with van der Waals surface area (Å²) in [7, 11) is 0. The average Bonchev–Trinajstić information content (AvgIpc) is 2.80. The van der Waals surface area contributed by atoms with Crippen molar-refractivity contribution in [2.24, 2.45) is 0 Å². The predicted octanol–water partition coefficient (Wildman–Crippen LogP) is 1.70. The van der Waals surface area contributed by atoms with E-state index in [0.29, 0.717) is 12.7 Å². The SMILES string of the molecule is CC(=O)N1CC2(C[C@@H](OCc3ccccn3)CS2)C1. The van der Waals surface area contributed by atoms with Crippen LogP contribution in [0.2, 0.25) is 0 Å². The second-order valence-electron chi connectivity index (χ2n) is 5.33. The van der Waals surface area contributed by atoms with Gasteiger partial charge in [0, 0.05) is 32.0 Å². The third kappa shape index (κ3) is 2.77. The van der Waals surface area contributed by atoms with Crippen molar-refractivity contribution in [3.05, 3.63) is 30.1 Å². The van der Waals surface area contributed by atoms with Gasteiger partial charge in [-0.05, 0) is 18.6 Å². The van der Waals surface area contributed by atoms with Gasteiger partial charge in [0.15, 0.2) is 0 Å². The second kappa shape index (κ2) is 5.13. The monoisotopic (exact) mass is 278 g/mol. The van der Waals surface area contributed by atoms with Crippen molar-refractivity contribution >= 4 is 17.7 Å². The van der Waals surface area contributed by atoms with E-state index in [1.165, 1.54) is 0 Å². The van der Waals surface area contributed by atoms with Crippen LogP contribution in [0.15, 0.2) is 24.4 Å². The molecule has 2 aliphatic rings. The molecule has 0 saturated carbocycles. The Morgan fingerprint density at radius 1 is 1.58 bits per heavy atom. The number of pyridine rings is 1. The maximum Gasteiger partial charge on any atom is 0.219 e. The molecule has 1 spiro atoms. The van der Waals surface area contributed by atoms with Gasteiger partial charge in [-0.1, -0.05) is 6.07 Å². The number of nitrogens with zero attached hydrogens (tertiary/aromatic N) is 2. The van der Waals surface area contributed by atoms with Gasteiger partial charge in [-0.2, -0.15) is 0 Å². The van der Waals surface area contributed by atoms with E-state index < -0.39 is 0 Å². The van der Waals surface area contributed by atoms with Crippen LogP contribution in [0.1, 0.15) is 19.0 Å². The van der Waals surface area contributed by atoms with Crippen LogP contribution in [0.4, 0.5) is 0 Å². The van der Waals surface area contributed by atoms with Crippen molar-refractivity contribution in [2.45, 2.75) is 30.8 Å². The minimum absolute atomic E-state index is 0.184. The van der Waals surface area contributed by atoms with E-state index in [0.717, 1.165) is 31.0 Å². The van der Waals surface area contributed by atoms with Crippen LogP contribution in [0.5, 0.6) is 0 Å². The highest BCUT2D eigenvalue weighted by molar-refractivity contribution is 8.01. The summed E-state index contributed by atoms with van der Waals surface area (Å²) in [4.78, 5) is 17.4. The van der Waals surface area contributed by atoms with Gasteiger partial charge in [-0.3, -0.25) is 9.78 Å². The molecule has 0 radical (unpaired) electrons. The van der Waals surface area contributed by atoms with Gasteiger partial charge in [0.2, 0.25) is 5.91 Å². The molecular weight excluding hydrogens is 260 g/mol. The molecule has 3 rings (SSSR count). The smallest absolute Gasteiger partial charge is 0.219 e. The Hall–Kier alpha value is -1.07. The molecule has 0 aliphatic carbocycles. The lowest BCUT2D eigenvalue weighted by Crippen LogP contribution is -2.60. The first-order valence-corrected chi connectivity index (χ1v) is 7.56. The Bertz CT molecular complexity index is 460. The summed E-state index contributed by atoms with van der Waals surface area (Å²) >= 11 is 1.96. The van der Waals surface area contributed by atoms with E-state index >= 15 is 0 Å². The van der Waals surface area contributed by atoms with Gasteiger partial charge in [0.05, 0.1) is 23.2 Å². The van der Waals surface area contributed by atoms with E-state index in [-0.39, 0.29) is 10.7 Å². The molecule has 0 aromatic carbocycles. The van der Waals surface area contributed by atoms with Crippen LogP contribution >= 0.6 is 11.8 Å². The molecule has 3 heterocycles. The predicted molar refractivity (Wildman–Crippen MR) is 74.9 cm³/mol. The maximum absolute atomic E-state index is 11.2. The molecule has 5 heteroatoms. The molecule has 2 saturated heterocycles. The maximum atomic E-state index is 11.2. The van der Waals surface area contributed by atoms with Crippen LogP contribution in [0, 0.1) is 0 Å². The number of likely N-dealkylation sites (tertiary alicyclic amines) is 1. The summed E-state index contributed by atoms with van der Waals surface area (Å²) in [6.45, 7) is 3.99. The molecular formula is C14H18N2O2S. The lowest BCUT2D eigenvalue weighted by Gasteiger charge is -2.47. The fraction of sp³-hybridized carbons (Fsp3) is 0.571. The standard InChI is InChI=1S/C14H18N2O2S/c1-11(17)16-9-14(10-16)6-13(8-19-14)18-7-12-4-2-3-5-15-12/h2-5,13H,6-10H2,1H3/t13-/m1/s1. The number of hydrogen-bond donors (Lipinski definition) is 0. The number of amides is 1. The zero-order chi connectivity index (χ0) is 13.3. The van der Waals surface area contributed by atoms with Gasteiger partial charge in [0.25, 0.3) is 0 Å². The Morgan fingerprint density at radius 2 is 2.42 bits per heavy atom. The van der Waals surface area contributed by atoms with Gasteiger partial charge >= 0.3 is 0 Å². The normalized spacial score (nSPS) is 24.5. The highest BCUT2D eigenvalue weighted by Gasteiger charge is 2.50. The fourth-order valence-electron chi connectivity index (χ4n) is 2.69. The van der Waals surface area contributed by atoms with Gasteiger partial charge < -0.3 is 9.64 Å². The van der Waals surface area contributed by atoms with Crippen molar-refractivity contribution in [1.29, 1.82) is 0 Å². The number of carbonyl (C=O) groups is 1. The van der Waals surface area contributed by atoms with Crippen molar-refractivity contribution in [3.63, 3.8) is 0 Å². The summed E-state index contributed by atoms with van der Waals surface area (Å²) in [5.41, 5.74) is 0.979. The molecule has 0 unspecified atom stereocenters. The zero-order valence-electron chi connectivity index (χ0n) is 11.0. The van der Waals surface area contributed by atoms with E-state index in [1.807, 2.05) is 34.9 Å². The lowest BCUT2D eigenvalue weighted by molar-refractivity contribution is -0.134. The molecule has 19 heavy (non-hydrogen) atoms. The first kappa shape index (κ1) is 12.9. The molecule has 1 amide bonds. The summed E-state index contributed by atoms with van der Waals surface area (Å²) in [6, 6.07) is 5.88. The Morgan fingerprint density at radius 3 is 3.11 bits per heavy atom. The van der Waals surface area contributed by atoms with Crippen molar-refractivity contribution in [3.8, 4) is 0 Å². The van der Waals surface area contributed by atoms with E-state index in [9.17, 15) is 4.79 Å². The first-order chi connectivity index (χ1) is 9.17. The molecule has 1 aromatic rings. The van der Waals surface area contributed by atoms with Crippen molar-refractivity contribution in [1.82, 2.24) is 9.88 Å². The minimum Gasteiger partial charge on any atom is -0.371 e. The van der Waals surface area contributed by atoms with E-state index in [1.54, 1.807) is 13.1 Å². The number of thioether (sulfide) groups is 1. The van der Waals surface area contributed by atoms with E-state index in [4.69, 9.17) is 4.74 Å². The first-order valence-electron chi connectivity index (χ1n) is 6.58. The fourth-order valence-corrected chi connectivity index (χ4v) is 4.24. The Kier molecular flexibility index (Phi) is 3.50. The molecule has 4 nitrogen and oxygen atoms in total. The molecule has 0 N–H and O–H groups in total. The average molecular weight is 278 g/mol. The number of rotatable bonds is 3. The summed E-state index contributed by atoms with van der Waals surface area (Å²) in [6.07, 6.45) is 3.13. The molecule has 1 atom stereocenters. The second-order valence-corrected chi connectivity index (χ2v) is 6.82. The van der Waals surface area contributed by atoms with Gasteiger partial charge in [0.1, 0.15) is 0 Å². The summed E-state index contributed by atoms with van der Waals surface area (Å²) in [5, 5.41) is 0. The van der Waals surface area contributed by atoms with Crippen molar-refractivity contribution in [2.75, 3.05) is 18.8 Å². The number of aromatic nitrogens is 1. The third-order valence-electron chi connectivity index (χ3n) is 3.77. The summed E-state index contributed by atoms with van der Waals surface area (Å²) < 4.78 is 6.19. The van der Waals surface area contributed by atoms with E-state index in [2.05, 4.69) is 4.98 Å². The van der Waals surface area contributed by atoms with Crippen LogP contribution in [-0.4, -0.2) is 45.5 Å². The van der Waals surface area contributed by atoms with Crippen LogP contribution < -0.4 is 0 Å². The Labute approximate surface area is 117 Å². The van der Waals surface area contributed by atoms with Gasteiger partial charge in [-0.15, -0.1) is 11.8 Å². The van der Waals surface area contributed by atoms with Gasteiger partial charge in [-0.25, -0.2) is 0 Å². The summed E-state index contributed by atoms with van der Waals surface area (Å²) in [5.74, 6) is 1.21. The van der Waals surface area contributed by atoms with Crippen LogP contribution in [-0.2, 0) is 16.1 Å². The topological polar surface area (TPSA) is 42.4 Å². The Balaban J connectivity index is 1.47. The molecule has 2 fully saturated rings. The third-order valence-corrected chi connectivity index (χ3v) is 5.35.